The Balaban J connectivity index is 1.77. The van der Waals surface area contributed by atoms with E-state index in [1.165, 1.54) is 12.1 Å². The smallest absolute Gasteiger partial charge is 0.306 e. The average Bonchev–Trinajstić information content (AvgIpc) is 3.17. The van der Waals surface area contributed by atoms with Crippen LogP contribution in [0.4, 0.5) is 13.2 Å². The number of H-pyrrole nitrogens is 1. The molecule has 0 saturated carbocycles. The number of rotatable bonds is 4. The fourth-order valence-electron chi connectivity index (χ4n) is 4.24. The number of benzene rings is 3. The van der Waals surface area contributed by atoms with E-state index in [4.69, 9.17) is 16.7 Å². The summed E-state index contributed by atoms with van der Waals surface area (Å²) >= 11 is 6.09. The van der Waals surface area contributed by atoms with Crippen LogP contribution in [0.1, 0.15) is 22.4 Å². The molecule has 8 heteroatoms. The van der Waals surface area contributed by atoms with Crippen molar-refractivity contribution in [1.29, 1.82) is 0 Å². The third-order valence-corrected chi connectivity index (χ3v) is 6.12. The zero-order chi connectivity index (χ0) is 24.7. The number of hydrogen-bond donors (Lipinski definition) is 1. The summed E-state index contributed by atoms with van der Waals surface area (Å²) in [4.78, 5) is 15.6. The Morgan fingerprint density at radius 1 is 0.971 bits per heavy atom. The van der Waals surface area contributed by atoms with E-state index in [9.17, 15) is 18.0 Å². The van der Waals surface area contributed by atoms with Crippen molar-refractivity contribution >= 4 is 17.2 Å². The predicted octanol–water partition coefficient (Wildman–Crippen LogP) is 6.93. The van der Waals surface area contributed by atoms with E-state index in [1.807, 2.05) is 42.5 Å². The van der Waals surface area contributed by atoms with E-state index < -0.39 is 11.7 Å². The second-order valence-corrected chi connectivity index (χ2v) is 8.73. The van der Waals surface area contributed by atoms with Gasteiger partial charge in [0, 0.05) is 28.6 Å². The molecule has 35 heavy (non-hydrogen) atoms. The Bertz CT molecular complexity index is 1590. The monoisotopic (exact) mass is 493 g/mol. The van der Waals surface area contributed by atoms with Crippen LogP contribution >= 0.6 is 11.6 Å². The molecule has 0 aliphatic rings. The molecule has 0 spiro atoms. The fraction of sp³-hybridized carbons (Fsp3) is 0.111. The zero-order valence-electron chi connectivity index (χ0n) is 18.5. The second-order valence-electron chi connectivity index (χ2n) is 8.30. The maximum Gasteiger partial charge on any atom is 0.416 e. The lowest BCUT2D eigenvalue weighted by Gasteiger charge is -2.12. The van der Waals surface area contributed by atoms with Gasteiger partial charge in [-0.15, -0.1) is 0 Å². The molecule has 1 N–H and O–H groups in total. The van der Waals surface area contributed by atoms with Crippen LogP contribution in [0, 0.1) is 6.92 Å². The van der Waals surface area contributed by atoms with Crippen LogP contribution in [0.15, 0.2) is 83.7 Å². The molecule has 2 aromatic heterocycles. The van der Waals surface area contributed by atoms with Crippen molar-refractivity contribution in [2.24, 2.45) is 0 Å². The van der Waals surface area contributed by atoms with Crippen molar-refractivity contribution in [2.45, 2.75) is 19.5 Å². The lowest BCUT2D eigenvalue weighted by atomic mass is 10.0. The molecule has 5 rings (SSSR count). The van der Waals surface area contributed by atoms with Crippen LogP contribution in [0.25, 0.3) is 28.0 Å². The largest absolute Gasteiger partial charge is 0.416 e. The summed E-state index contributed by atoms with van der Waals surface area (Å²) in [6.45, 7) is 1.59. The molecule has 3 aromatic carbocycles. The molecule has 2 heterocycles. The van der Waals surface area contributed by atoms with E-state index in [0.29, 0.717) is 39.6 Å². The fourth-order valence-corrected chi connectivity index (χ4v) is 4.37. The molecule has 5 aromatic rings. The molecular weight excluding hydrogens is 475 g/mol. The van der Waals surface area contributed by atoms with E-state index in [0.717, 1.165) is 28.8 Å². The maximum atomic E-state index is 13.2. The number of halogens is 4. The van der Waals surface area contributed by atoms with Gasteiger partial charge in [0.25, 0.3) is 5.56 Å². The highest BCUT2D eigenvalue weighted by Gasteiger charge is 2.31. The Hall–Kier alpha value is -3.84. The van der Waals surface area contributed by atoms with Gasteiger partial charge in [-0.1, -0.05) is 60.1 Å². The zero-order valence-corrected chi connectivity index (χ0v) is 19.3. The first-order valence-corrected chi connectivity index (χ1v) is 11.2. The standard InChI is InChI=1S/C27H19ClF3N3O/c1-16-13-19(27(29,30)31)9-12-21(16)23-15-24(35)32-26-25(18-7-10-20(28)11-8-18)22(33-34(23)26)14-17-5-3-2-4-6-17/h2-13,15H,14H2,1H3,(H,32,35). The predicted molar refractivity (Wildman–Crippen MR) is 131 cm³/mol. The molecule has 176 valence electrons. The topological polar surface area (TPSA) is 50.2 Å². The molecule has 0 unspecified atom stereocenters. The van der Waals surface area contributed by atoms with Crippen molar-refractivity contribution in [1.82, 2.24) is 14.6 Å². The van der Waals surface area contributed by atoms with Gasteiger partial charge in [-0.3, -0.25) is 4.79 Å². The summed E-state index contributed by atoms with van der Waals surface area (Å²) < 4.78 is 41.2. The Labute approximate surface area is 203 Å². The molecule has 0 fully saturated rings. The number of aromatic amines is 1. The van der Waals surface area contributed by atoms with E-state index in [-0.39, 0.29) is 5.56 Å². The SMILES string of the molecule is Cc1cc(C(F)(F)F)ccc1-c1cc(=O)[nH]c2c(-c3ccc(Cl)cc3)c(Cc3ccccc3)nn12. The minimum absolute atomic E-state index is 0.381. The number of aryl methyl sites for hydroxylation is 1. The van der Waals surface area contributed by atoms with Crippen molar-refractivity contribution < 1.29 is 13.2 Å². The van der Waals surface area contributed by atoms with Gasteiger partial charge in [-0.25, -0.2) is 4.52 Å². The third kappa shape index (κ3) is 4.47. The van der Waals surface area contributed by atoms with Crippen molar-refractivity contribution in [3.63, 3.8) is 0 Å². The van der Waals surface area contributed by atoms with E-state index in [2.05, 4.69) is 4.98 Å². The number of nitrogens with one attached hydrogen (secondary N) is 1. The van der Waals surface area contributed by atoms with Gasteiger partial charge in [-0.2, -0.15) is 18.3 Å². The summed E-state index contributed by atoms with van der Waals surface area (Å²) in [5.41, 5.74) is 3.91. The number of nitrogens with zero attached hydrogens (tertiary/aromatic N) is 2. The maximum absolute atomic E-state index is 13.2. The summed E-state index contributed by atoms with van der Waals surface area (Å²) in [5, 5.41) is 5.40. The highest BCUT2D eigenvalue weighted by atomic mass is 35.5. The number of fused-ring (bicyclic) bond motifs is 1. The van der Waals surface area contributed by atoms with Gasteiger partial charge < -0.3 is 4.98 Å². The molecule has 0 saturated heterocycles. The van der Waals surface area contributed by atoms with Gasteiger partial charge in [-0.05, 0) is 47.9 Å². The lowest BCUT2D eigenvalue weighted by molar-refractivity contribution is -0.137. The van der Waals surface area contributed by atoms with Gasteiger partial charge in [0.05, 0.1) is 17.0 Å². The van der Waals surface area contributed by atoms with Crippen LogP contribution in [0.3, 0.4) is 0 Å². The highest BCUT2D eigenvalue weighted by molar-refractivity contribution is 6.30. The van der Waals surface area contributed by atoms with Crippen LogP contribution in [0.5, 0.6) is 0 Å². The average molecular weight is 494 g/mol. The Kier molecular flexibility index (Phi) is 5.73. The van der Waals surface area contributed by atoms with Gasteiger partial charge >= 0.3 is 6.18 Å². The highest BCUT2D eigenvalue weighted by Crippen LogP contribution is 2.35. The van der Waals surface area contributed by atoms with Gasteiger partial charge in [0.1, 0.15) is 5.65 Å². The van der Waals surface area contributed by atoms with E-state index in [1.54, 1.807) is 23.6 Å². The minimum atomic E-state index is -4.46. The summed E-state index contributed by atoms with van der Waals surface area (Å²) in [5.74, 6) is 0. The normalized spacial score (nSPS) is 11.8. The van der Waals surface area contributed by atoms with Gasteiger partial charge in [0.15, 0.2) is 0 Å². The van der Waals surface area contributed by atoms with Crippen LogP contribution in [-0.4, -0.2) is 14.6 Å². The molecule has 0 atom stereocenters. The molecule has 0 radical (unpaired) electrons. The molecule has 0 bridgehead atoms. The minimum Gasteiger partial charge on any atom is -0.306 e. The first-order chi connectivity index (χ1) is 16.7. The lowest BCUT2D eigenvalue weighted by Crippen LogP contribution is -2.11. The Morgan fingerprint density at radius 2 is 1.69 bits per heavy atom. The second kappa shape index (κ2) is 8.74. The first-order valence-electron chi connectivity index (χ1n) is 10.8. The quantitative estimate of drug-likeness (QED) is 0.295. The number of alkyl halides is 3. The van der Waals surface area contributed by atoms with Crippen LogP contribution < -0.4 is 5.56 Å². The van der Waals surface area contributed by atoms with E-state index >= 15 is 0 Å². The number of aromatic nitrogens is 3. The molecule has 4 nitrogen and oxygen atoms in total. The molecule has 0 aliphatic carbocycles. The molecule has 0 aliphatic heterocycles. The summed E-state index contributed by atoms with van der Waals surface area (Å²) in [6.07, 6.45) is -3.96. The van der Waals surface area contributed by atoms with Crippen molar-refractivity contribution in [3.8, 4) is 22.4 Å². The van der Waals surface area contributed by atoms with Crippen LogP contribution in [0.2, 0.25) is 5.02 Å². The van der Waals surface area contributed by atoms with Crippen LogP contribution in [-0.2, 0) is 12.6 Å². The molecule has 0 amide bonds. The number of hydrogen-bond acceptors (Lipinski definition) is 2. The van der Waals surface area contributed by atoms with Gasteiger partial charge in [0.2, 0.25) is 0 Å². The summed E-state index contributed by atoms with van der Waals surface area (Å²) in [6, 6.07) is 21.8. The first kappa shape index (κ1) is 22.9. The molecular formula is C27H19ClF3N3O. The summed E-state index contributed by atoms with van der Waals surface area (Å²) in [7, 11) is 0. The van der Waals surface area contributed by atoms with Crippen molar-refractivity contribution in [2.75, 3.05) is 0 Å². The third-order valence-electron chi connectivity index (χ3n) is 5.87. The van der Waals surface area contributed by atoms with Crippen molar-refractivity contribution in [3.05, 3.63) is 117 Å². The Morgan fingerprint density at radius 3 is 2.34 bits per heavy atom.